The molecule has 0 amide bonds. The van der Waals surface area contributed by atoms with Crippen LogP contribution in [0.4, 0.5) is 0 Å². The van der Waals surface area contributed by atoms with E-state index in [1.165, 1.54) is 19.3 Å². The molecule has 2 rings (SSSR count). The van der Waals surface area contributed by atoms with Crippen molar-refractivity contribution in [1.82, 2.24) is 5.32 Å². The van der Waals surface area contributed by atoms with Gasteiger partial charge in [-0.25, -0.2) is 0 Å². The number of hydrogen-bond acceptors (Lipinski definition) is 2. The largest absolute Gasteiger partial charge is 0.313 e. The fraction of sp³-hybridized carbons (Fsp3) is 0.667. The minimum Gasteiger partial charge on any atom is -0.313 e. The van der Waals surface area contributed by atoms with E-state index in [1.54, 1.807) is 16.0 Å². The summed E-state index contributed by atoms with van der Waals surface area (Å²) in [4.78, 5) is 1.65. The Balaban J connectivity index is 2.12. The predicted molar refractivity (Wildman–Crippen MR) is 62.9 cm³/mol. The number of thiophene rings is 1. The average molecular weight is 209 g/mol. The molecule has 1 aliphatic carbocycles. The van der Waals surface area contributed by atoms with E-state index in [0.29, 0.717) is 0 Å². The molecular formula is C12H19NS. The number of fused-ring (bicyclic) bond motifs is 1. The van der Waals surface area contributed by atoms with Crippen LogP contribution in [-0.4, -0.2) is 6.54 Å². The monoisotopic (exact) mass is 209 g/mol. The van der Waals surface area contributed by atoms with Crippen molar-refractivity contribution in [1.29, 1.82) is 0 Å². The highest BCUT2D eigenvalue weighted by Gasteiger charge is 2.19. The van der Waals surface area contributed by atoms with Crippen LogP contribution in [0.15, 0.2) is 5.38 Å². The highest BCUT2D eigenvalue weighted by Crippen LogP contribution is 2.32. The molecule has 0 radical (unpaired) electrons. The van der Waals surface area contributed by atoms with E-state index in [-0.39, 0.29) is 0 Å². The first-order valence-electron chi connectivity index (χ1n) is 5.60. The molecule has 0 aromatic carbocycles. The molecule has 0 saturated heterocycles. The van der Waals surface area contributed by atoms with E-state index in [4.69, 9.17) is 0 Å². The van der Waals surface area contributed by atoms with Gasteiger partial charge in [-0.15, -0.1) is 11.3 Å². The van der Waals surface area contributed by atoms with Gasteiger partial charge in [0.25, 0.3) is 0 Å². The van der Waals surface area contributed by atoms with Gasteiger partial charge < -0.3 is 5.32 Å². The van der Waals surface area contributed by atoms with Gasteiger partial charge in [0.15, 0.2) is 0 Å². The summed E-state index contributed by atoms with van der Waals surface area (Å²) in [7, 11) is 0. The zero-order valence-electron chi connectivity index (χ0n) is 9.10. The van der Waals surface area contributed by atoms with Crippen LogP contribution in [0.2, 0.25) is 0 Å². The molecule has 1 aromatic heterocycles. The predicted octanol–water partition coefficient (Wildman–Crippen LogP) is 2.98. The van der Waals surface area contributed by atoms with Gasteiger partial charge in [-0.3, -0.25) is 0 Å². The van der Waals surface area contributed by atoms with E-state index in [9.17, 15) is 0 Å². The summed E-state index contributed by atoms with van der Waals surface area (Å²) in [5, 5.41) is 5.77. The number of nitrogens with one attached hydrogen (secondary N) is 1. The van der Waals surface area contributed by atoms with Crippen LogP contribution >= 0.6 is 11.3 Å². The Kier molecular flexibility index (Phi) is 3.24. The minimum atomic E-state index is 0.896. The van der Waals surface area contributed by atoms with Gasteiger partial charge in [0.05, 0.1) is 0 Å². The lowest BCUT2D eigenvalue weighted by Gasteiger charge is -2.19. The van der Waals surface area contributed by atoms with Gasteiger partial charge in [-0.1, -0.05) is 13.8 Å². The molecule has 1 nitrogen and oxygen atoms in total. The maximum atomic E-state index is 3.42. The molecule has 0 fully saturated rings. The minimum absolute atomic E-state index is 0.896. The van der Waals surface area contributed by atoms with Gasteiger partial charge in [0.2, 0.25) is 0 Å². The van der Waals surface area contributed by atoms with E-state index < -0.39 is 0 Å². The van der Waals surface area contributed by atoms with Crippen molar-refractivity contribution in [2.24, 2.45) is 5.92 Å². The molecule has 1 N–H and O–H groups in total. The molecule has 1 atom stereocenters. The van der Waals surface area contributed by atoms with Gasteiger partial charge in [-0.05, 0) is 48.2 Å². The fourth-order valence-electron chi connectivity index (χ4n) is 2.15. The Hall–Kier alpha value is -0.340. The maximum absolute atomic E-state index is 3.42. The normalized spacial score (nSPS) is 20.9. The van der Waals surface area contributed by atoms with Crippen molar-refractivity contribution in [3.63, 3.8) is 0 Å². The maximum Gasteiger partial charge on any atom is 0.0216 e. The summed E-state index contributed by atoms with van der Waals surface area (Å²) in [6, 6.07) is 0. The molecule has 0 bridgehead atoms. The summed E-state index contributed by atoms with van der Waals surface area (Å²) in [5.41, 5.74) is 3.22. The van der Waals surface area contributed by atoms with Gasteiger partial charge in [0, 0.05) is 11.4 Å². The second-order valence-electron chi connectivity index (χ2n) is 4.29. The van der Waals surface area contributed by atoms with Crippen molar-refractivity contribution < 1.29 is 0 Å². The Morgan fingerprint density at radius 3 is 3.21 bits per heavy atom. The first-order chi connectivity index (χ1) is 6.81. The quantitative estimate of drug-likeness (QED) is 0.807. The summed E-state index contributed by atoms with van der Waals surface area (Å²) in [6.07, 6.45) is 4.00. The molecule has 78 valence electrons. The molecule has 0 spiro atoms. The highest BCUT2D eigenvalue weighted by molar-refractivity contribution is 7.10. The molecule has 1 aliphatic rings. The van der Waals surface area contributed by atoms with Gasteiger partial charge in [0.1, 0.15) is 0 Å². The molecule has 0 saturated carbocycles. The van der Waals surface area contributed by atoms with Crippen LogP contribution in [0.5, 0.6) is 0 Å². The standard InChI is InChI=1S/C12H19NS/c1-3-13-7-10-8-14-12-6-9(2)4-5-11(10)12/h8-9,13H,3-7H2,1-2H3. The molecule has 14 heavy (non-hydrogen) atoms. The van der Waals surface area contributed by atoms with E-state index >= 15 is 0 Å². The average Bonchev–Trinajstić information content (AvgIpc) is 2.57. The third-order valence-electron chi connectivity index (χ3n) is 3.05. The SMILES string of the molecule is CCNCc1csc2c1CCC(C)C2. The first-order valence-corrected chi connectivity index (χ1v) is 6.48. The molecule has 0 aliphatic heterocycles. The first kappa shape index (κ1) is 10.2. The molecule has 2 heteroatoms. The van der Waals surface area contributed by atoms with Crippen LogP contribution in [0.25, 0.3) is 0 Å². The van der Waals surface area contributed by atoms with Crippen molar-refractivity contribution >= 4 is 11.3 Å². The van der Waals surface area contributed by atoms with Crippen molar-refractivity contribution in [3.8, 4) is 0 Å². The fourth-order valence-corrected chi connectivity index (χ4v) is 3.42. The van der Waals surface area contributed by atoms with Crippen LogP contribution in [-0.2, 0) is 19.4 Å². The Labute approximate surface area is 90.5 Å². The topological polar surface area (TPSA) is 12.0 Å². The molecule has 1 heterocycles. The van der Waals surface area contributed by atoms with E-state index in [2.05, 4.69) is 24.5 Å². The van der Waals surface area contributed by atoms with Crippen LogP contribution < -0.4 is 5.32 Å². The summed E-state index contributed by atoms with van der Waals surface area (Å²) in [5.74, 6) is 0.896. The lowest BCUT2D eigenvalue weighted by Crippen LogP contribution is -2.15. The zero-order chi connectivity index (χ0) is 9.97. The van der Waals surface area contributed by atoms with Crippen molar-refractivity contribution in [2.45, 2.75) is 39.7 Å². The second-order valence-corrected chi connectivity index (χ2v) is 5.26. The third-order valence-corrected chi connectivity index (χ3v) is 4.15. The number of hydrogen-bond donors (Lipinski definition) is 1. The summed E-state index contributed by atoms with van der Waals surface area (Å²) < 4.78 is 0. The van der Waals surface area contributed by atoms with E-state index in [1.807, 2.05) is 11.3 Å². The van der Waals surface area contributed by atoms with Crippen molar-refractivity contribution in [3.05, 3.63) is 21.4 Å². The second kappa shape index (κ2) is 4.45. The summed E-state index contributed by atoms with van der Waals surface area (Å²) >= 11 is 1.97. The van der Waals surface area contributed by atoms with E-state index in [0.717, 1.165) is 19.0 Å². The Morgan fingerprint density at radius 1 is 1.57 bits per heavy atom. The molecule has 1 unspecified atom stereocenters. The van der Waals surface area contributed by atoms with Crippen molar-refractivity contribution in [2.75, 3.05) is 6.54 Å². The lowest BCUT2D eigenvalue weighted by molar-refractivity contribution is 0.505. The Morgan fingerprint density at radius 2 is 2.43 bits per heavy atom. The van der Waals surface area contributed by atoms with Crippen LogP contribution in [0.1, 0.15) is 36.3 Å². The Bertz CT molecular complexity index is 303. The van der Waals surface area contributed by atoms with Crippen LogP contribution in [0, 0.1) is 5.92 Å². The van der Waals surface area contributed by atoms with Gasteiger partial charge >= 0.3 is 0 Å². The number of rotatable bonds is 3. The molecular weight excluding hydrogens is 190 g/mol. The lowest BCUT2D eigenvalue weighted by atomic mass is 9.88. The zero-order valence-corrected chi connectivity index (χ0v) is 9.91. The van der Waals surface area contributed by atoms with Crippen LogP contribution in [0.3, 0.4) is 0 Å². The third kappa shape index (κ3) is 2.01. The molecule has 1 aromatic rings. The summed E-state index contributed by atoms with van der Waals surface area (Å²) in [6.45, 7) is 6.67. The van der Waals surface area contributed by atoms with Gasteiger partial charge in [-0.2, -0.15) is 0 Å². The highest BCUT2D eigenvalue weighted by atomic mass is 32.1. The smallest absolute Gasteiger partial charge is 0.0216 e.